The Kier molecular flexibility index (Phi) is 2.99. The van der Waals surface area contributed by atoms with Crippen LogP contribution in [0.4, 0.5) is 0 Å². The third kappa shape index (κ3) is 1.95. The van der Waals surface area contributed by atoms with Crippen LogP contribution < -0.4 is 4.74 Å². The van der Waals surface area contributed by atoms with Gasteiger partial charge in [-0.15, -0.1) is 0 Å². The molecule has 0 unspecified atom stereocenters. The summed E-state index contributed by atoms with van der Waals surface area (Å²) < 4.78 is 5.30. The van der Waals surface area contributed by atoms with Crippen LogP contribution in [0.15, 0.2) is 42.5 Å². The maximum atomic E-state index is 10.1. The standard InChI is InChI=1S/C16H14N2O2/c1-10-13(20-2)9-8-12-14(10)17-15(18-16(12)19)11-6-4-3-5-7-11/h3-9H,1-2H3,(H,17,18,19). The van der Waals surface area contributed by atoms with Crippen LogP contribution in [0.5, 0.6) is 11.6 Å². The lowest BCUT2D eigenvalue weighted by atomic mass is 10.1. The van der Waals surface area contributed by atoms with Crippen LogP contribution in [0, 0.1) is 6.92 Å². The minimum atomic E-state index is -0.0143. The van der Waals surface area contributed by atoms with Crippen molar-refractivity contribution in [1.82, 2.24) is 9.97 Å². The molecule has 0 aliphatic heterocycles. The van der Waals surface area contributed by atoms with Gasteiger partial charge in [-0.2, -0.15) is 4.98 Å². The van der Waals surface area contributed by atoms with Crippen LogP contribution in [0.1, 0.15) is 5.56 Å². The Morgan fingerprint density at radius 3 is 2.45 bits per heavy atom. The fourth-order valence-electron chi connectivity index (χ4n) is 2.24. The molecule has 0 aliphatic rings. The molecule has 4 heteroatoms. The highest BCUT2D eigenvalue weighted by molar-refractivity contribution is 5.89. The molecule has 1 N–H and O–H groups in total. The SMILES string of the molecule is COc1ccc2c(O)nc(-c3ccccc3)nc2c1C. The van der Waals surface area contributed by atoms with Crippen molar-refractivity contribution in [3.05, 3.63) is 48.0 Å². The molecule has 4 nitrogen and oxygen atoms in total. The molecule has 0 fully saturated rings. The largest absolute Gasteiger partial charge is 0.496 e. The average molecular weight is 266 g/mol. The van der Waals surface area contributed by atoms with E-state index in [9.17, 15) is 5.11 Å². The summed E-state index contributed by atoms with van der Waals surface area (Å²) >= 11 is 0. The lowest BCUT2D eigenvalue weighted by Gasteiger charge is -2.10. The van der Waals surface area contributed by atoms with Crippen molar-refractivity contribution < 1.29 is 9.84 Å². The van der Waals surface area contributed by atoms with Gasteiger partial charge in [-0.05, 0) is 19.1 Å². The van der Waals surface area contributed by atoms with Crippen molar-refractivity contribution >= 4 is 10.9 Å². The monoisotopic (exact) mass is 266 g/mol. The van der Waals surface area contributed by atoms with Gasteiger partial charge in [0.25, 0.3) is 0 Å². The first-order valence-electron chi connectivity index (χ1n) is 6.30. The van der Waals surface area contributed by atoms with Crippen molar-refractivity contribution in [3.63, 3.8) is 0 Å². The summed E-state index contributed by atoms with van der Waals surface area (Å²) in [6, 6.07) is 13.2. The summed E-state index contributed by atoms with van der Waals surface area (Å²) in [5.41, 5.74) is 2.46. The molecular weight excluding hydrogens is 252 g/mol. The third-order valence-corrected chi connectivity index (χ3v) is 3.30. The van der Waals surface area contributed by atoms with Gasteiger partial charge < -0.3 is 9.84 Å². The van der Waals surface area contributed by atoms with Crippen LogP contribution in [-0.4, -0.2) is 22.2 Å². The molecule has 0 saturated carbocycles. The second-order valence-electron chi connectivity index (χ2n) is 4.53. The van der Waals surface area contributed by atoms with Gasteiger partial charge in [0.1, 0.15) is 5.75 Å². The molecule has 100 valence electrons. The van der Waals surface area contributed by atoms with Gasteiger partial charge in [-0.25, -0.2) is 4.98 Å². The van der Waals surface area contributed by atoms with Crippen molar-refractivity contribution in [2.24, 2.45) is 0 Å². The van der Waals surface area contributed by atoms with E-state index in [-0.39, 0.29) is 5.88 Å². The Morgan fingerprint density at radius 1 is 1.00 bits per heavy atom. The Hall–Kier alpha value is -2.62. The Morgan fingerprint density at radius 2 is 1.75 bits per heavy atom. The smallest absolute Gasteiger partial charge is 0.222 e. The minimum absolute atomic E-state index is 0.0143. The van der Waals surface area contributed by atoms with E-state index in [2.05, 4.69) is 9.97 Å². The van der Waals surface area contributed by atoms with E-state index in [0.29, 0.717) is 16.7 Å². The van der Waals surface area contributed by atoms with Crippen molar-refractivity contribution in [2.45, 2.75) is 6.92 Å². The molecule has 0 spiro atoms. The zero-order chi connectivity index (χ0) is 14.1. The zero-order valence-electron chi connectivity index (χ0n) is 11.3. The molecule has 0 radical (unpaired) electrons. The number of fused-ring (bicyclic) bond motifs is 1. The van der Waals surface area contributed by atoms with Crippen molar-refractivity contribution in [3.8, 4) is 23.0 Å². The highest BCUT2D eigenvalue weighted by Gasteiger charge is 2.12. The number of rotatable bonds is 2. The zero-order valence-corrected chi connectivity index (χ0v) is 11.3. The van der Waals surface area contributed by atoms with Crippen LogP contribution in [0.2, 0.25) is 0 Å². The molecule has 3 aromatic rings. The second kappa shape index (κ2) is 4.81. The quantitative estimate of drug-likeness (QED) is 0.773. The third-order valence-electron chi connectivity index (χ3n) is 3.30. The number of nitrogens with zero attached hydrogens (tertiary/aromatic N) is 2. The summed E-state index contributed by atoms with van der Waals surface area (Å²) in [6.07, 6.45) is 0. The fourth-order valence-corrected chi connectivity index (χ4v) is 2.24. The van der Waals surface area contributed by atoms with Crippen LogP contribution in [0.3, 0.4) is 0 Å². The average Bonchev–Trinajstić information content (AvgIpc) is 2.49. The molecule has 1 heterocycles. The molecule has 0 amide bonds. The van der Waals surface area contributed by atoms with E-state index in [1.54, 1.807) is 13.2 Å². The van der Waals surface area contributed by atoms with Crippen LogP contribution in [0.25, 0.3) is 22.3 Å². The first-order valence-corrected chi connectivity index (χ1v) is 6.30. The molecule has 3 rings (SSSR count). The lowest BCUT2D eigenvalue weighted by molar-refractivity contribution is 0.412. The maximum absolute atomic E-state index is 10.1. The molecule has 20 heavy (non-hydrogen) atoms. The van der Waals surface area contributed by atoms with Crippen LogP contribution in [-0.2, 0) is 0 Å². The van der Waals surface area contributed by atoms with Gasteiger partial charge in [-0.3, -0.25) is 0 Å². The Bertz CT molecular complexity index is 770. The molecule has 2 aromatic carbocycles. The highest BCUT2D eigenvalue weighted by atomic mass is 16.5. The second-order valence-corrected chi connectivity index (χ2v) is 4.53. The number of methoxy groups -OCH3 is 1. The first-order chi connectivity index (χ1) is 9.70. The van der Waals surface area contributed by atoms with Crippen molar-refractivity contribution in [1.29, 1.82) is 0 Å². The summed E-state index contributed by atoms with van der Waals surface area (Å²) in [4.78, 5) is 8.74. The van der Waals surface area contributed by atoms with Gasteiger partial charge in [0.15, 0.2) is 5.82 Å². The molecule has 0 atom stereocenters. The number of hydrogen-bond donors (Lipinski definition) is 1. The number of hydrogen-bond acceptors (Lipinski definition) is 4. The topological polar surface area (TPSA) is 55.2 Å². The van der Waals surface area contributed by atoms with E-state index in [1.807, 2.05) is 43.3 Å². The number of ether oxygens (including phenoxy) is 1. The molecule has 0 saturated heterocycles. The van der Waals surface area contributed by atoms with Gasteiger partial charge >= 0.3 is 0 Å². The summed E-state index contributed by atoms with van der Waals surface area (Å²) in [5, 5.41) is 10.7. The fraction of sp³-hybridized carbons (Fsp3) is 0.125. The van der Waals surface area contributed by atoms with E-state index < -0.39 is 0 Å². The normalized spacial score (nSPS) is 10.7. The maximum Gasteiger partial charge on any atom is 0.222 e. The van der Waals surface area contributed by atoms with Gasteiger partial charge in [0.05, 0.1) is 18.0 Å². The lowest BCUT2D eigenvalue weighted by Crippen LogP contribution is -1.95. The number of aryl methyl sites for hydroxylation is 1. The summed E-state index contributed by atoms with van der Waals surface area (Å²) in [5.74, 6) is 1.24. The Labute approximate surface area is 116 Å². The highest BCUT2D eigenvalue weighted by Crippen LogP contribution is 2.31. The van der Waals surface area contributed by atoms with E-state index in [0.717, 1.165) is 16.9 Å². The van der Waals surface area contributed by atoms with Gasteiger partial charge in [0, 0.05) is 11.1 Å². The van der Waals surface area contributed by atoms with Crippen molar-refractivity contribution in [2.75, 3.05) is 7.11 Å². The minimum Gasteiger partial charge on any atom is -0.496 e. The predicted octanol–water partition coefficient (Wildman–Crippen LogP) is 3.32. The molecular formula is C16H14N2O2. The first kappa shape index (κ1) is 12.4. The summed E-state index contributed by atoms with van der Waals surface area (Å²) in [7, 11) is 1.62. The van der Waals surface area contributed by atoms with E-state index >= 15 is 0 Å². The Balaban J connectivity index is 2.30. The van der Waals surface area contributed by atoms with E-state index in [4.69, 9.17) is 4.74 Å². The van der Waals surface area contributed by atoms with Gasteiger partial charge in [-0.1, -0.05) is 30.3 Å². The molecule has 0 aliphatic carbocycles. The van der Waals surface area contributed by atoms with Gasteiger partial charge in [0.2, 0.25) is 5.88 Å². The molecule has 1 aromatic heterocycles. The van der Waals surface area contributed by atoms with E-state index in [1.165, 1.54) is 0 Å². The summed E-state index contributed by atoms with van der Waals surface area (Å²) in [6.45, 7) is 1.92. The van der Waals surface area contributed by atoms with Crippen LogP contribution >= 0.6 is 0 Å². The molecule has 0 bridgehead atoms. The number of benzene rings is 2. The number of aromatic nitrogens is 2. The predicted molar refractivity (Wildman–Crippen MR) is 77.9 cm³/mol. The number of aromatic hydroxyl groups is 1.